The van der Waals surface area contributed by atoms with Crippen molar-refractivity contribution < 1.29 is 9.18 Å². The molecule has 6 nitrogen and oxygen atoms in total. The van der Waals surface area contributed by atoms with Gasteiger partial charge in [0.15, 0.2) is 0 Å². The van der Waals surface area contributed by atoms with Crippen LogP contribution in [0.15, 0.2) is 48.8 Å². The summed E-state index contributed by atoms with van der Waals surface area (Å²) in [6, 6.07) is 9.61. The van der Waals surface area contributed by atoms with Crippen molar-refractivity contribution in [3.8, 4) is 11.3 Å². The average molecular weight is 436 g/mol. The molecule has 1 aliphatic heterocycles. The van der Waals surface area contributed by atoms with Crippen LogP contribution in [0.2, 0.25) is 5.02 Å². The topological polar surface area (TPSA) is 63.9 Å². The first-order chi connectivity index (χ1) is 14.9. The van der Waals surface area contributed by atoms with Crippen molar-refractivity contribution in [2.45, 2.75) is 19.4 Å². The molecular weight excluding hydrogens is 417 g/mol. The molecule has 0 N–H and O–H groups in total. The molecule has 0 fully saturated rings. The van der Waals surface area contributed by atoms with E-state index in [4.69, 9.17) is 11.6 Å². The summed E-state index contributed by atoms with van der Waals surface area (Å²) in [5.41, 5.74) is 5.34. The molecule has 0 radical (unpaired) electrons. The standard InChI is InChI=1S/C23H19ClFN5O/c1-13-21-18(22(29(2)28-21)15-9-16(24)12-17(25)10-15)5-8-30(13)23(31)14-3-4-19-20(11-14)27-7-6-26-19/h3-4,6-7,9-13H,5,8H2,1-2H3. The zero-order valence-corrected chi connectivity index (χ0v) is 17.8. The molecule has 31 heavy (non-hydrogen) atoms. The maximum atomic E-state index is 14.0. The van der Waals surface area contributed by atoms with Gasteiger partial charge in [0.25, 0.3) is 5.91 Å². The summed E-state index contributed by atoms with van der Waals surface area (Å²) in [5, 5.41) is 5.02. The summed E-state index contributed by atoms with van der Waals surface area (Å²) in [6.07, 6.45) is 3.86. The van der Waals surface area contributed by atoms with Crippen molar-refractivity contribution in [3.63, 3.8) is 0 Å². The van der Waals surface area contributed by atoms with Gasteiger partial charge in [0, 0.05) is 47.7 Å². The van der Waals surface area contributed by atoms with E-state index in [-0.39, 0.29) is 11.9 Å². The van der Waals surface area contributed by atoms with Gasteiger partial charge >= 0.3 is 0 Å². The smallest absolute Gasteiger partial charge is 0.254 e. The number of carbonyl (C=O) groups is 1. The Morgan fingerprint density at radius 2 is 1.90 bits per heavy atom. The molecular formula is C23H19ClFN5O. The molecule has 3 heterocycles. The van der Waals surface area contributed by atoms with Crippen molar-refractivity contribution in [3.05, 3.63) is 76.5 Å². The van der Waals surface area contributed by atoms with Gasteiger partial charge in [0.2, 0.25) is 0 Å². The van der Waals surface area contributed by atoms with E-state index >= 15 is 0 Å². The second kappa shape index (κ2) is 7.42. The van der Waals surface area contributed by atoms with Gasteiger partial charge in [0.05, 0.1) is 28.5 Å². The van der Waals surface area contributed by atoms with Gasteiger partial charge in [-0.1, -0.05) is 11.6 Å². The maximum Gasteiger partial charge on any atom is 0.254 e. The van der Waals surface area contributed by atoms with E-state index in [0.717, 1.165) is 22.5 Å². The Morgan fingerprint density at radius 1 is 1.13 bits per heavy atom. The highest BCUT2D eigenvalue weighted by Gasteiger charge is 2.33. The molecule has 8 heteroatoms. The highest BCUT2D eigenvalue weighted by molar-refractivity contribution is 6.30. The molecule has 0 aliphatic carbocycles. The molecule has 1 unspecified atom stereocenters. The van der Waals surface area contributed by atoms with Crippen LogP contribution in [-0.2, 0) is 13.5 Å². The minimum Gasteiger partial charge on any atom is -0.330 e. The fourth-order valence-electron chi connectivity index (χ4n) is 4.34. The maximum absolute atomic E-state index is 14.0. The van der Waals surface area contributed by atoms with E-state index in [9.17, 15) is 9.18 Å². The van der Waals surface area contributed by atoms with Crippen LogP contribution < -0.4 is 0 Å². The average Bonchev–Trinajstić information content (AvgIpc) is 3.09. The van der Waals surface area contributed by atoms with Crippen molar-refractivity contribution in [1.82, 2.24) is 24.6 Å². The Morgan fingerprint density at radius 3 is 2.68 bits per heavy atom. The van der Waals surface area contributed by atoms with Crippen molar-refractivity contribution >= 4 is 28.5 Å². The van der Waals surface area contributed by atoms with E-state index < -0.39 is 5.82 Å². The van der Waals surface area contributed by atoms with Gasteiger partial charge in [0.1, 0.15) is 5.82 Å². The van der Waals surface area contributed by atoms with Crippen LogP contribution in [0, 0.1) is 5.82 Å². The van der Waals surface area contributed by atoms with Gasteiger partial charge in [-0.25, -0.2) is 4.39 Å². The largest absolute Gasteiger partial charge is 0.330 e. The van der Waals surface area contributed by atoms with Crippen LogP contribution in [0.5, 0.6) is 0 Å². The lowest BCUT2D eigenvalue weighted by molar-refractivity contribution is 0.0674. The molecule has 1 amide bonds. The second-order valence-corrected chi connectivity index (χ2v) is 8.11. The summed E-state index contributed by atoms with van der Waals surface area (Å²) in [5.74, 6) is -0.468. The predicted molar refractivity (Wildman–Crippen MR) is 116 cm³/mol. The zero-order valence-electron chi connectivity index (χ0n) is 17.0. The van der Waals surface area contributed by atoms with Crippen LogP contribution in [0.1, 0.15) is 34.6 Å². The third-order valence-electron chi connectivity index (χ3n) is 5.76. The Kier molecular flexibility index (Phi) is 4.70. The summed E-state index contributed by atoms with van der Waals surface area (Å²) in [7, 11) is 1.83. The van der Waals surface area contributed by atoms with E-state index in [1.807, 2.05) is 24.9 Å². The first-order valence-corrected chi connectivity index (χ1v) is 10.3. The highest BCUT2D eigenvalue weighted by atomic mass is 35.5. The third kappa shape index (κ3) is 3.35. The number of hydrogen-bond acceptors (Lipinski definition) is 4. The Bertz CT molecular complexity index is 1310. The number of carbonyl (C=O) groups excluding carboxylic acids is 1. The molecule has 0 bridgehead atoms. The number of aromatic nitrogens is 4. The van der Waals surface area contributed by atoms with E-state index in [1.165, 1.54) is 12.1 Å². The fourth-order valence-corrected chi connectivity index (χ4v) is 4.56. The quantitative estimate of drug-likeness (QED) is 0.462. The van der Waals surface area contributed by atoms with Crippen LogP contribution in [0.25, 0.3) is 22.3 Å². The fraction of sp³-hybridized carbons (Fsp3) is 0.217. The second-order valence-electron chi connectivity index (χ2n) is 7.68. The number of aryl methyl sites for hydroxylation is 1. The lowest BCUT2D eigenvalue weighted by Crippen LogP contribution is -2.38. The Balaban J connectivity index is 1.50. The lowest BCUT2D eigenvalue weighted by Gasteiger charge is -2.33. The molecule has 1 aliphatic rings. The van der Waals surface area contributed by atoms with Gasteiger partial charge in [-0.15, -0.1) is 0 Å². The monoisotopic (exact) mass is 435 g/mol. The van der Waals surface area contributed by atoms with Gasteiger partial charge in [-0.2, -0.15) is 5.10 Å². The molecule has 0 spiro atoms. The number of fused-ring (bicyclic) bond motifs is 2. The molecule has 1 atom stereocenters. The highest BCUT2D eigenvalue weighted by Crippen LogP contribution is 2.37. The van der Waals surface area contributed by atoms with Crippen molar-refractivity contribution in [2.24, 2.45) is 7.05 Å². The first kappa shape index (κ1) is 19.6. The number of rotatable bonds is 2. The number of benzene rings is 2. The van der Waals surface area contributed by atoms with Gasteiger partial charge < -0.3 is 4.90 Å². The normalized spacial score (nSPS) is 15.9. The van der Waals surface area contributed by atoms with Crippen molar-refractivity contribution in [1.29, 1.82) is 0 Å². The summed E-state index contributed by atoms with van der Waals surface area (Å²) >= 11 is 6.07. The zero-order chi connectivity index (χ0) is 21.7. The van der Waals surface area contributed by atoms with Gasteiger partial charge in [-0.05, 0) is 49.7 Å². The summed E-state index contributed by atoms with van der Waals surface area (Å²) in [4.78, 5) is 23.7. The number of hydrogen-bond donors (Lipinski definition) is 0. The number of amides is 1. The molecule has 2 aromatic heterocycles. The molecule has 156 valence electrons. The Hall–Kier alpha value is -3.32. The first-order valence-electron chi connectivity index (χ1n) is 9.96. The van der Waals surface area contributed by atoms with Crippen LogP contribution >= 0.6 is 11.6 Å². The molecule has 2 aromatic carbocycles. The third-order valence-corrected chi connectivity index (χ3v) is 5.97. The minimum absolute atomic E-state index is 0.0771. The van der Waals surface area contributed by atoms with Crippen LogP contribution in [-0.4, -0.2) is 37.1 Å². The lowest BCUT2D eigenvalue weighted by atomic mass is 9.95. The van der Waals surface area contributed by atoms with E-state index in [0.29, 0.717) is 34.6 Å². The molecule has 0 saturated heterocycles. The van der Waals surface area contributed by atoms with Crippen LogP contribution in [0.4, 0.5) is 4.39 Å². The SMILES string of the molecule is CC1c2nn(C)c(-c3cc(F)cc(Cl)c3)c2CCN1C(=O)c1ccc2nccnc2c1. The number of nitrogens with zero attached hydrogens (tertiary/aromatic N) is 5. The summed E-state index contributed by atoms with van der Waals surface area (Å²) < 4.78 is 15.7. The summed E-state index contributed by atoms with van der Waals surface area (Å²) in [6.45, 7) is 2.50. The van der Waals surface area contributed by atoms with Gasteiger partial charge in [-0.3, -0.25) is 19.4 Å². The minimum atomic E-state index is -0.391. The predicted octanol–water partition coefficient (Wildman–Crippen LogP) is 4.58. The van der Waals surface area contributed by atoms with E-state index in [1.54, 1.807) is 35.3 Å². The molecule has 0 saturated carbocycles. The Labute approximate surface area is 183 Å². The number of halogens is 2. The van der Waals surface area contributed by atoms with Crippen LogP contribution in [0.3, 0.4) is 0 Å². The van der Waals surface area contributed by atoms with Crippen molar-refractivity contribution in [2.75, 3.05) is 6.54 Å². The molecule has 4 aromatic rings. The molecule has 5 rings (SSSR count). The van der Waals surface area contributed by atoms with E-state index in [2.05, 4.69) is 15.1 Å².